The Bertz CT molecular complexity index is 1260. The Morgan fingerprint density at radius 1 is 0.912 bits per heavy atom. The maximum atomic E-state index is 12.9. The van der Waals surface area contributed by atoms with Gasteiger partial charge in [0.15, 0.2) is 23.4 Å². The summed E-state index contributed by atoms with van der Waals surface area (Å²) in [6, 6.07) is 15.3. The maximum Gasteiger partial charge on any atom is 0.416 e. The van der Waals surface area contributed by atoms with E-state index in [4.69, 9.17) is 44.3 Å². The fourth-order valence-electron chi connectivity index (χ4n) is 2.99. The maximum absolute atomic E-state index is 12.9. The molecule has 3 aromatic carbocycles. The molecule has 0 spiro atoms. The van der Waals surface area contributed by atoms with Gasteiger partial charge in [-0.3, -0.25) is 4.79 Å². The van der Waals surface area contributed by atoms with E-state index in [0.717, 1.165) is 18.2 Å². The summed E-state index contributed by atoms with van der Waals surface area (Å²) < 4.78 is 50.0. The third-order valence-corrected chi connectivity index (χ3v) is 5.76. The number of nitriles is 1. The number of hydrogen-bond donors (Lipinski definition) is 0. The molecule has 3 aromatic rings. The Labute approximate surface area is 208 Å². The number of carbonyl (C=O) groups is 1. The number of nitrogens with zero attached hydrogens (tertiary/aromatic N) is 1. The van der Waals surface area contributed by atoms with E-state index in [2.05, 4.69) is 0 Å². The third-order valence-electron chi connectivity index (χ3n) is 4.72. The van der Waals surface area contributed by atoms with Crippen LogP contribution in [0.3, 0.4) is 0 Å². The highest BCUT2D eigenvalue weighted by Gasteiger charge is 2.31. The van der Waals surface area contributed by atoms with Gasteiger partial charge in [-0.15, -0.1) is 0 Å². The third kappa shape index (κ3) is 5.95. The van der Waals surface area contributed by atoms with Gasteiger partial charge in [0.2, 0.25) is 0 Å². The highest BCUT2D eigenvalue weighted by atomic mass is 35.5. The van der Waals surface area contributed by atoms with E-state index in [0.29, 0.717) is 5.56 Å². The van der Waals surface area contributed by atoms with Gasteiger partial charge in [0.1, 0.15) is 11.7 Å². The highest BCUT2D eigenvalue weighted by molar-refractivity contribution is 6.42. The topological polar surface area (TPSA) is 59.3 Å². The summed E-state index contributed by atoms with van der Waals surface area (Å²) >= 11 is 17.9. The molecule has 3 rings (SSSR count). The lowest BCUT2D eigenvalue weighted by Crippen LogP contribution is -2.29. The van der Waals surface area contributed by atoms with Crippen LogP contribution in [-0.4, -0.2) is 11.9 Å². The summed E-state index contributed by atoms with van der Waals surface area (Å²) in [7, 11) is 0. The van der Waals surface area contributed by atoms with E-state index < -0.39 is 29.5 Å². The molecule has 0 saturated heterocycles. The number of halogens is 6. The number of para-hydroxylation sites is 2. The van der Waals surface area contributed by atoms with Crippen molar-refractivity contribution in [3.05, 3.63) is 86.9 Å². The van der Waals surface area contributed by atoms with Crippen molar-refractivity contribution < 1.29 is 27.4 Å². The first kappa shape index (κ1) is 25.7. The van der Waals surface area contributed by atoms with Crippen molar-refractivity contribution in [3.63, 3.8) is 0 Å². The van der Waals surface area contributed by atoms with Crippen LogP contribution in [0.1, 0.15) is 24.0 Å². The molecule has 0 heterocycles. The van der Waals surface area contributed by atoms with Crippen LogP contribution in [0.4, 0.5) is 13.2 Å². The molecular formula is C24H15Cl3F3NO3. The van der Waals surface area contributed by atoms with Gasteiger partial charge in [0.25, 0.3) is 0 Å². The minimum atomic E-state index is -4.55. The summed E-state index contributed by atoms with van der Waals surface area (Å²) in [6.45, 7) is 1.46. The molecule has 0 aliphatic heterocycles. The Balaban J connectivity index is 1.81. The van der Waals surface area contributed by atoms with Crippen LogP contribution in [0, 0.1) is 11.3 Å². The van der Waals surface area contributed by atoms with E-state index in [9.17, 15) is 23.2 Å². The molecule has 2 atom stereocenters. The predicted octanol–water partition coefficient (Wildman–Crippen LogP) is 8.10. The highest BCUT2D eigenvalue weighted by Crippen LogP contribution is 2.39. The van der Waals surface area contributed by atoms with Gasteiger partial charge in [-0.05, 0) is 55.0 Å². The van der Waals surface area contributed by atoms with Crippen molar-refractivity contribution in [2.45, 2.75) is 25.1 Å². The standard InChI is InChI=1S/C24H15Cl3F3NO3/c1-13(23(32)16(12-31)14-6-8-17(25)18(26)10-14)33-21-4-2-3-5-22(21)34-20-9-7-15(11-19(20)27)24(28,29)30/h2-11,13,16H,1H3. The van der Waals surface area contributed by atoms with Crippen molar-refractivity contribution in [2.75, 3.05) is 0 Å². The summed E-state index contributed by atoms with van der Waals surface area (Å²) in [5.74, 6) is -1.49. The van der Waals surface area contributed by atoms with E-state index >= 15 is 0 Å². The minimum absolute atomic E-state index is 0.0320. The molecule has 0 saturated carbocycles. The zero-order valence-corrected chi connectivity index (χ0v) is 19.6. The van der Waals surface area contributed by atoms with Gasteiger partial charge < -0.3 is 9.47 Å². The number of ketones is 1. The second-order valence-corrected chi connectivity index (χ2v) is 8.31. The van der Waals surface area contributed by atoms with Crippen LogP contribution < -0.4 is 9.47 Å². The van der Waals surface area contributed by atoms with Gasteiger partial charge in [-0.1, -0.05) is 53.0 Å². The van der Waals surface area contributed by atoms with Gasteiger partial charge in [0.05, 0.1) is 26.7 Å². The average molecular weight is 529 g/mol. The van der Waals surface area contributed by atoms with Crippen LogP contribution in [0.15, 0.2) is 60.7 Å². The summed E-state index contributed by atoms with van der Waals surface area (Å²) in [4.78, 5) is 12.9. The first-order chi connectivity index (χ1) is 16.0. The van der Waals surface area contributed by atoms with E-state index in [-0.39, 0.29) is 32.3 Å². The zero-order valence-electron chi connectivity index (χ0n) is 17.4. The summed E-state index contributed by atoms with van der Waals surface area (Å²) in [5, 5.41) is 9.80. The average Bonchev–Trinajstić information content (AvgIpc) is 2.78. The van der Waals surface area contributed by atoms with E-state index in [1.807, 2.05) is 6.07 Å². The van der Waals surface area contributed by atoms with Gasteiger partial charge in [-0.2, -0.15) is 18.4 Å². The molecule has 2 unspecified atom stereocenters. The minimum Gasteiger partial charge on any atom is -0.479 e. The Morgan fingerprint density at radius 2 is 1.59 bits per heavy atom. The normalized spacial score (nSPS) is 13.0. The number of Topliss-reactive ketones (excluding diaryl/α,β-unsaturated/α-hetero) is 1. The van der Waals surface area contributed by atoms with Gasteiger partial charge in [0, 0.05) is 0 Å². The number of benzene rings is 3. The quantitative estimate of drug-likeness (QED) is 0.311. The molecule has 0 radical (unpaired) electrons. The number of rotatable bonds is 7. The van der Waals surface area contributed by atoms with Crippen molar-refractivity contribution in [1.29, 1.82) is 5.26 Å². The van der Waals surface area contributed by atoms with Crippen LogP contribution in [-0.2, 0) is 11.0 Å². The second kappa shape index (κ2) is 10.6. The molecular weight excluding hydrogens is 514 g/mol. The van der Waals surface area contributed by atoms with Gasteiger partial charge in [-0.25, -0.2) is 0 Å². The van der Waals surface area contributed by atoms with Crippen LogP contribution in [0.2, 0.25) is 15.1 Å². The van der Waals surface area contributed by atoms with Crippen LogP contribution in [0.5, 0.6) is 17.2 Å². The monoisotopic (exact) mass is 527 g/mol. The molecule has 0 bridgehead atoms. The fourth-order valence-corrected chi connectivity index (χ4v) is 3.51. The molecule has 4 nitrogen and oxygen atoms in total. The van der Waals surface area contributed by atoms with Crippen molar-refractivity contribution >= 4 is 40.6 Å². The second-order valence-electron chi connectivity index (χ2n) is 7.09. The van der Waals surface area contributed by atoms with Crippen molar-refractivity contribution in [3.8, 4) is 23.3 Å². The number of ether oxygens (including phenoxy) is 2. The molecule has 0 amide bonds. The molecule has 0 aromatic heterocycles. The van der Waals surface area contributed by atoms with E-state index in [1.54, 1.807) is 12.1 Å². The first-order valence-corrected chi connectivity index (χ1v) is 10.8. The Kier molecular flexibility index (Phi) is 7.98. The lowest BCUT2D eigenvalue weighted by atomic mass is 9.93. The zero-order chi connectivity index (χ0) is 25.0. The molecule has 176 valence electrons. The van der Waals surface area contributed by atoms with Crippen LogP contribution >= 0.6 is 34.8 Å². The van der Waals surface area contributed by atoms with Crippen molar-refractivity contribution in [1.82, 2.24) is 0 Å². The molecule has 34 heavy (non-hydrogen) atoms. The predicted molar refractivity (Wildman–Crippen MR) is 123 cm³/mol. The molecule has 0 aliphatic carbocycles. The number of alkyl halides is 3. The summed E-state index contributed by atoms with van der Waals surface area (Å²) in [5.41, 5.74) is -0.558. The SMILES string of the molecule is CC(Oc1ccccc1Oc1ccc(C(F)(F)F)cc1Cl)C(=O)C(C#N)c1ccc(Cl)c(Cl)c1. The Morgan fingerprint density at radius 3 is 2.18 bits per heavy atom. The molecule has 10 heteroatoms. The van der Waals surface area contributed by atoms with Gasteiger partial charge >= 0.3 is 6.18 Å². The Hall–Kier alpha value is -2.92. The molecule has 0 aliphatic rings. The molecule has 0 N–H and O–H groups in total. The smallest absolute Gasteiger partial charge is 0.416 e. The lowest BCUT2D eigenvalue weighted by Gasteiger charge is -2.19. The summed E-state index contributed by atoms with van der Waals surface area (Å²) in [6.07, 6.45) is -5.63. The number of hydrogen-bond acceptors (Lipinski definition) is 4. The number of carbonyl (C=O) groups excluding carboxylic acids is 1. The van der Waals surface area contributed by atoms with Crippen molar-refractivity contribution in [2.24, 2.45) is 0 Å². The largest absolute Gasteiger partial charge is 0.479 e. The molecule has 0 fully saturated rings. The lowest BCUT2D eigenvalue weighted by molar-refractivity contribution is -0.137. The van der Waals surface area contributed by atoms with E-state index in [1.165, 1.54) is 37.3 Å². The first-order valence-electron chi connectivity index (χ1n) is 9.70. The van der Waals surface area contributed by atoms with Crippen LogP contribution in [0.25, 0.3) is 0 Å². The fraction of sp³-hybridized carbons (Fsp3) is 0.167.